The first-order valence-corrected chi connectivity index (χ1v) is 4.47. The van der Waals surface area contributed by atoms with Crippen LogP contribution < -0.4 is 10.1 Å². The summed E-state index contributed by atoms with van der Waals surface area (Å²) >= 11 is 0. The van der Waals surface area contributed by atoms with Gasteiger partial charge in [-0.25, -0.2) is 4.79 Å². The third kappa shape index (κ3) is 0.886. The van der Waals surface area contributed by atoms with Crippen molar-refractivity contribution in [3.05, 3.63) is 29.8 Å². The molecule has 3 rings (SSSR count). The normalized spacial score (nSPS) is 21.9. The van der Waals surface area contributed by atoms with Crippen molar-refractivity contribution in [2.75, 3.05) is 13.2 Å². The van der Waals surface area contributed by atoms with Gasteiger partial charge in [0.25, 0.3) is 0 Å². The van der Waals surface area contributed by atoms with Gasteiger partial charge in [0.15, 0.2) is 0 Å². The number of fused-ring (bicyclic) bond motifs is 2. The van der Waals surface area contributed by atoms with Gasteiger partial charge in [-0.15, -0.1) is 0 Å². The van der Waals surface area contributed by atoms with Crippen LogP contribution in [-0.2, 0) is 10.3 Å². The first-order valence-electron chi connectivity index (χ1n) is 4.47. The number of benzene rings is 1. The maximum atomic E-state index is 11.2. The number of carbonyl (C=O) groups is 1. The monoisotopic (exact) mass is 191 g/mol. The molecule has 4 heteroatoms. The molecule has 2 aliphatic rings. The van der Waals surface area contributed by atoms with E-state index in [1.165, 1.54) is 0 Å². The molecule has 72 valence electrons. The minimum absolute atomic E-state index is 0.341. The van der Waals surface area contributed by atoms with E-state index in [0.29, 0.717) is 19.0 Å². The molecule has 0 unspecified atom stereocenters. The van der Waals surface area contributed by atoms with E-state index in [2.05, 4.69) is 5.32 Å². The Morgan fingerprint density at radius 2 is 2.07 bits per heavy atom. The summed E-state index contributed by atoms with van der Waals surface area (Å²) in [5, 5.41) is 2.80. The number of amides is 1. The number of ether oxygens (including phenoxy) is 2. The van der Waals surface area contributed by atoms with E-state index in [0.717, 1.165) is 5.56 Å². The highest BCUT2D eigenvalue weighted by atomic mass is 16.6. The third-order valence-corrected chi connectivity index (χ3v) is 2.64. The number of rotatable bonds is 0. The van der Waals surface area contributed by atoms with Gasteiger partial charge in [-0.1, -0.05) is 18.2 Å². The van der Waals surface area contributed by atoms with Gasteiger partial charge in [0, 0.05) is 5.56 Å². The van der Waals surface area contributed by atoms with Crippen LogP contribution in [-0.4, -0.2) is 19.3 Å². The lowest BCUT2D eigenvalue weighted by Gasteiger charge is -2.44. The van der Waals surface area contributed by atoms with Gasteiger partial charge in [0.2, 0.25) is 0 Å². The van der Waals surface area contributed by atoms with Crippen molar-refractivity contribution < 1.29 is 14.3 Å². The van der Waals surface area contributed by atoms with E-state index in [-0.39, 0.29) is 5.54 Å². The van der Waals surface area contributed by atoms with Crippen LogP contribution >= 0.6 is 0 Å². The van der Waals surface area contributed by atoms with E-state index < -0.39 is 6.09 Å². The second-order valence-corrected chi connectivity index (χ2v) is 3.59. The van der Waals surface area contributed by atoms with Crippen molar-refractivity contribution in [3.8, 4) is 5.75 Å². The Hall–Kier alpha value is -1.55. The molecule has 0 bridgehead atoms. The van der Waals surface area contributed by atoms with Gasteiger partial charge in [0.1, 0.15) is 11.3 Å². The van der Waals surface area contributed by atoms with E-state index in [1.807, 2.05) is 18.2 Å². The Balaban J connectivity index is 2.14. The minimum atomic E-state index is -0.396. The average Bonchev–Trinajstić information content (AvgIpc) is 2.14. The summed E-state index contributed by atoms with van der Waals surface area (Å²) in [7, 11) is 0. The lowest BCUT2D eigenvalue weighted by Crippen LogP contribution is -2.62. The number of para-hydroxylation sites is 1. The van der Waals surface area contributed by atoms with Crippen LogP contribution in [0.5, 0.6) is 5.75 Å². The summed E-state index contributed by atoms with van der Waals surface area (Å²) < 4.78 is 10.2. The topological polar surface area (TPSA) is 47.6 Å². The molecule has 1 aromatic carbocycles. The van der Waals surface area contributed by atoms with Crippen molar-refractivity contribution >= 4 is 6.09 Å². The fraction of sp³-hybridized carbons (Fsp3) is 0.300. The smallest absolute Gasteiger partial charge is 0.410 e. The largest absolute Gasteiger partial charge is 0.413 e. The van der Waals surface area contributed by atoms with E-state index in [1.54, 1.807) is 6.07 Å². The fourth-order valence-electron chi connectivity index (χ4n) is 1.87. The number of hydrogen-bond donors (Lipinski definition) is 1. The summed E-state index contributed by atoms with van der Waals surface area (Å²) in [5.41, 5.74) is 0.664. The molecule has 0 atom stereocenters. The highest BCUT2D eigenvalue weighted by Gasteiger charge is 2.46. The molecule has 0 saturated carbocycles. The summed E-state index contributed by atoms with van der Waals surface area (Å²) in [6, 6.07) is 7.54. The molecule has 0 aromatic heterocycles. The second kappa shape index (κ2) is 2.48. The van der Waals surface area contributed by atoms with Gasteiger partial charge in [0.05, 0.1) is 13.2 Å². The molecule has 1 amide bonds. The highest BCUT2D eigenvalue weighted by molar-refractivity contribution is 5.75. The maximum Gasteiger partial charge on any atom is 0.413 e. The molecule has 1 aromatic rings. The van der Waals surface area contributed by atoms with Crippen molar-refractivity contribution in [1.82, 2.24) is 5.32 Å². The van der Waals surface area contributed by atoms with Crippen LogP contribution in [0.4, 0.5) is 4.79 Å². The standard InChI is InChI=1S/C10H9NO3/c12-9-11-10(5-13-6-10)7-3-1-2-4-8(7)14-9/h1-4H,5-6H2,(H,11,12). The van der Waals surface area contributed by atoms with Crippen LogP contribution in [0, 0.1) is 0 Å². The molecule has 1 saturated heterocycles. The third-order valence-electron chi connectivity index (χ3n) is 2.64. The zero-order valence-electron chi connectivity index (χ0n) is 7.45. The summed E-state index contributed by atoms with van der Waals surface area (Å²) in [6.07, 6.45) is -0.396. The SMILES string of the molecule is O=C1NC2(COC2)c2ccccc2O1. The Bertz CT molecular complexity index is 398. The Kier molecular flexibility index (Phi) is 1.39. The first kappa shape index (κ1) is 7.82. The predicted octanol–water partition coefficient (Wildman–Crippen LogP) is 1.01. The molecular formula is C10H9NO3. The van der Waals surface area contributed by atoms with Crippen molar-refractivity contribution in [3.63, 3.8) is 0 Å². The Labute approximate surface area is 80.8 Å². The summed E-state index contributed by atoms with van der Waals surface area (Å²) in [6.45, 7) is 1.05. The molecule has 0 aliphatic carbocycles. The van der Waals surface area contributed by atoms with E-state index >= 15 is 0 Å². The van der Waals surface area contributed by atoms with Crippen LogP contribution in [0.2, 0.25) is 0 Å². The second-order valence-electron chi connectivity index (χ2n) is 3.59. The molecule has 14 heavy (non-hydrogen) atoms. The van der Waals surface area contributed by atoms with Crippen LogP contribution in [0.15, 0.2) is 24.3 Å². The average molecular weight is 191 g/mol. The van der Waals surface area contributed by atoms with Crippen molar-refractivity contribution in [2.45, 2.75) is 5.54 Å². The lowest BCUT2D eigenvalue weighted by atomic mass is 9.86. The predicted molar refractivity (Wildman–Crippen MR) is 48.1 cm³/mol. The van der Waals surface area contributed by atoms with Gasteiger partial charge in [-0.2, -0.15) is 0 Å². The van der Waals surface area contributed by atoms with Gasteiger partial charge < -0.3 is 14.8 Å². The van der Waals surface area contributed by atoms with Crippen LogP contribution in [0.3, 0.4) is 0 Å². The molecule has 1 spiro atoms. The first-order chi connectivity index (χ1) is 6.80. The quantitative estimate of drug-likeness (QED) is 0.665. The molecule has 1 fully saturated rings. The highest BCUT2D eigenvalue weighted by Crippen LogP contribution is 2.38. The Morgan fingerprint density at radius 1 is 1.29 bits per heavy atom. The van der Waals surface area contributed by atoms with Crippen LogP contribution in [0.25, 0.3) is 0 Å². The number of nitrogens with one attached hydrogen (secondary N) is 1. The molecule has 2 heterocycles. The summed E-state index contributed by atoms with van der Waals surface area (Å²) in [4.78, 5) is 11.2. The van der Waals surface area contributed by atoms with Crippen molar-refractivity contribution in [2.24, 2.45) is 0 Å². The van der Waals surface area contributed by atoms with Gasteiger partial charge in [-0.3, -0.25) is 0 Å². The summed E-state index contributed by atoms with van der Waals surface area (Å²) in [5.74, 6) is 0.638. The zero-order chi connectivity index (χ0) is 9.60. The molecule has 4 nitrogen and oxygen atoms in total. The molecule has 1 N–H and O–H groups in total. The number of carbonyl (C=O) groups excluding carboxylic acids is 1. The zero-order valence-corrected chi connectivity index (χ0v) is 7.45. The number of hydrogen-bond acceptors (Lipinski definition) is 3. The lowest BCUT2D eigenvalue weighted by molar-refractivity contribution is -0.0789. The van der Waals surface area contributed by atoms with Crippen LogP contribution in [0.1, 0.15) is 5.56 Å². The fourth-order valence-corrected chi connectivity index (χ4v) is 1.87. The molecule has 0 radical (unpaired) electrons. The van der Waals surface area contributed by atoms with E-state index in [4.69, 9.17) is 9.47 Å². The minimum Gasteiger partial charge on any atom is -0.410 e. The van der Waals surface area contributed by atoms with Crippen molar-refractivity contribution in [1.29, 1.82) is 0 Å². The Morgan fingerprint density at radius 3 is 2.79 bits per heavy atom. The van der Waals surface area contributed by atoms with E-state index in [9.17, 15) is 4.79 Å². The molecular weight excluding hydrogens is 182 g/mol. The maximum absolute atomic E-state index is 11.2. The van der Waals surface area contributed by atoms with Gasteiger partial charge in [-0.05, 0) is 6.07 Å². The molecule has 2 aliphatic heterocycles. The van der Waals surface area contributed by atoms with Gasteiger partial charge >= 0.3 is 6.09 Å².